The lowest BCUT2D eigenvalue weighted by atomic mass is 10.1. The molecule has 1 aliphatic heterocycles. The number of halogens is 1. The van der Waals surface area contributed by atoms with E-state index in [9.17, 15) is 0 Å². The minimum atomic E-state index is 0.837. The summed E-state index contributed by atoms with van der Waals surface area (Å²) in [7, 11) is 0. The maximum Gasteiger partial charge on any atom is 0.0420 e. The zero-order valence-electron chi connectivity index (χ0n) is 9.79. The topological polar surface area (TPSA) is 3.24 Å². The molecule has 0 atom stereocenters. The maximum atomic E-state index is 6.02. The van der Waals surface area contributed by atoms with Gasteiger partial charge in [0.25, 0.3) is 0 Å². The summed E-state index contributed by atoms with van der Waals surface area (Å²) in [6.07, 6.45) is 4.12. The van der Waals surface area contributed by atoms with Gasteiger partial charge in [0.15, 0.2) is 0 Å². The number of hydrogen-bond donors (Lipinski definition) is 0. The molecule has 1 saturated heterocycles. The van der Waals surface area contributed by atoms with E-state index in [1.54, 1.807) is 0 Å². The fourth-order valence-electron chi connectivity index (χ4n) is 2.48. The van der Waals surface area contributed by atoms with E-state index in [4.69, 9.17) is 11.6 Å². The summed E-state index contributed by atoms with van der Waals surface area (Å²) in [5.74, 6) is 0. The van der Waals surface area contributed by atoms with Crippen LogP contribution in [0.4, 0.5) is 0 Å². The molecule has 0 unspecified atom stereocenters. The first kappa shape index (κ1) is 11.5. The molecule has 0 bridgehead atoms. The predicted molar refractivity (Wildman–Crippen MR) is 76.0 cm³/mol. The molecule has 1 aromatic heterocycles. The van der Waals surface area contributed by atoms with Crippen LogP contribution in [0.15, 0.2) is 24.3 Å². The zero-order chi connectivity index (χ0) is 11.7. The van der Waals surface area contributed by atoms with Crippen LogP contribution < -0.4 is 0 Å². The molecule has 0 spiro atoms. The molecule has 0 saturated carbocycles. The van der Waals surface area contributed by atoms with E-state index < -0.39 is 0 Å². The third kappa shape index (κ3) is 2.65. The van der Waals surface area contributed by atoms with Gasteiger partial charge in [-0.05, 0) is 49.5 Å². The number of thiophene rings is 1. The molecule has 1 nitrogen and oxygen atoms in total. The van der Waals surface area contributed by atoms with Gasteiger partial charge >= 0.3 is 0 Å². The first-order valence-electron chi connectivity index (χ1n) is 6.21. The summed E-state index contributed by atoms with van der Waals surface area (Å²) in [5.41, 5.74) is 0. The Balaban J connectivity index is 1.80. The Bertz CT molecular complexity index is 514. The molecule has 1 aromatic carbocycles. The van der Waals surface area contributed by atoms with Crippen LogP contribution in [0.2, 0.25) is 5.02 Å². The Kier molecular flexibility index (Phi) is 3.37. The number of fused-ring (bicyclic) bond motifs is 1. The molecule has 2 heterocycles. The summed E-state index contributed by atoms with van der Waals surface area (Å²) >= 11 is 7.90. The first-order chi connectivity index (χ1) is 8.31. The molecular formula is C14H16ClNS. The first-order valence-corrected chi connectivity index (χ1v) is 7.41. The quantitative estimate of drug-likeness (QED) is 0.771. The standard InChI is InChI=1S/C14H16ClNS/c15-12-5-4-11-8-13(17-14(11)9-12)10-16-6-2-1-3-7-16/h4-5,8-9H,1-3,6-7,10H2. The largest absolute Gasteiger partial charge is 0.298 e. The van der Waals surface area contributed by atoms with Crippen molar-refractivity contribution in [3.8, 4) is 0 Å². The van der Waals surface area contributed by atoms with Crippen molar-refractivity contribution in [3.05, 3.63) is 34.2 Å². The number of likely N-dealkylation sites (tertiary alicyclic amines) is 1. The summed E-state index contributed by atoms with van der Waals surface area (Å²) in [6.45, 7) is 3.63. The third-order valence-electron chi connectivity index (χ3n) is 3.36. The lowest BCUT2D eigenvalue weighted by Gasteiger charge is -2.25. The van der Waals surface area contributed by atoms with Gasteiger partial charge in [-0.15, -0.1) is 11.3 Å². The molecule has 0 amide bonds. The SMILES string of the molecule is Clc1ccc2cc(CN3CCCCC3)sc2c1. The second-order valence-corrected chi connectivity index (χ2v) is 6.34. The lowest BCUT2D eigenvalue weighted by molar-refractivity contribution is 0.223. The van der Waals surface area contributed by atoms with Crippen molar-refractivity contribution in [1.82, 2.24) is 4.90 Å². The van der Waals surface area contributed by atoms with E-state index in [0.717, 1.165) is 11.6 Å². The van der Waals surface area contributed by atoms with E-state index in [-0.39, 0.29) is 0 Å². The summed E-state index contributed by atoms with van der Waals surface area (Å²) in [5, 5.41) is 2.16. The molecule has 3 rings (SSSR count). The zero-order valence-corrected chi connectivity index (χ0v) is 11.4. The van der Waals surface area contributed by atoms with E-state index >= 15 is 0 Å². The minimum absolute atomic E-state index is 0.837. The van der Waals surface area contributed by atoms with Crippen molar-refractivity contribution in [2.24, 2.45) is 0 Å². The number of nitrogens with zero attached hydrogens (tertiary/aromatic N) is 1. The van der Waals surface area contributed by atoms with Crippen molar-refractivity contribution < 1.29 is 0 Å². The van der Waals surface area contributed by atoms with Gasteiger partial charge in [0.2, 0.25) is 0 Å². The molecule has 1 fully saturated rings. The normalized spacial score (nSPS) is 17.7. The Morgan fingerprint density at radius 3 is 2.76 bits per heavy atom. The van der Waals surface area contributed by atoms with Crippen molar-refractivity contribution >= 4 is 33.0 Å². The van der Waals surface area contributed by atoms with Gasteiger partial charge in [0.1, 0.15) is 0 Å². The van der Waals surface area contributed by atoms with Crippen LogP contribution in [-0.4, -0.2) is 18.0 Å². The smallest absolute Gasteiger partial charge is 0.0420 e. The monoisotopic (exact) mass is 265 g/mol. The number of piperidine rings is 1. The fourth-order valence-corrected chi connectivity index (χ4v) is 3.86. The molecule has 1 aliphatic rings. The van der Waals surface area contributed by atoms with E-state index in [2.05, 4.69) is 23.1 Å². The van der Waals surface area contributed by atoms with E-state index in [1.165, 1.54) is 47.3 Å². The van der Waals surface area contributed by atoms with Gasteiger partial charge in [0.05, 0.1) is 0 Å². The highest BCUT2D eigenvalue weighted by atomic mass is 35.5. The highest BCUT2D eigenvalue weighted by Gasteiger charge is 2.12. The highest BCUT2D eigenvalue weighted by molar-refractivity contribution is 7.19. The van der Waals surface area contributed by atoms with Gasteiger partial charge in [-0.25, -0.2) is 0 Å². The Morgan fingerprint density at radius 1 is 1.12 bits per heavy atom. The van der Waals surface area contributed by atoms with E-state index in [1.807, 2.05) is 17.4 Å². The van der Waals surface area contributed by atoms with Crippen LogP contribution >= 0.6 is 22.9 Å². The molecule has 90 valence electrons. The van der Waals surface area contributed by atoms with Crippen molar-refractivity contribution in [1.29, 1.82) is 0 Å². The maximum absolute atomic E-state index is 6.02. The molecule has 0 aliphatic carbocycles. The second kappa shape index (κ2) is 4.97. The summed E-state index contributed by atoms with van der Waals surface area (Å²) < 4.78 is 1.31. The highest BCUT2D eigenvalue weighted by Crippen LogP contribution is 2.29. The fraction of sp³-hybridized carbons (Fsp3) is 0.429. The van der Waals surface area contributed by atoms with Crippen LogP contribution in [0.25, 0.3) is 10.1 Å². The second-order valence-electron chi connectivity index (χ2n) is 4.73. The van der Waals surface area contributed by atoms with E-state index in [0.29, 0.717) is 0 Å². The number of benzene rings is 1. The van der Waals surface area contributed by atoms with Crippen molar-refractivity contribution in [3.63, 3.8) is 0 Å². The average molecular weight is 266 g/mol. The molecule has 17 heavy (non-hydrogen) atoms. The van der Waals surface area contributed by atoms with Gasteiger partial charge in [-0.3, -0.25) is 4.90 Å². The predicted octanol–water partition coefficient (Wildman–Crippen LogP) is 4.54. The summed E-state index contributed by atoms with van der Waals surface area (Å²) in [4.78, 5) is 4.03. The Hall–Kier alpha value is -0.570. The molecule has 3 heteroatoms. The van der Waals surface area contributed by atoms with Crippen LogP contribution in [-0.2, 0) is 6.54 Å². The Labute approximate surface area is 111 Å². The average Bonchev–Trinajstić information content (AvgIpc) is 2.71. The molecule has 0 radical (unpaired) electrons. The number of hydrogen-bond acceptors (Lipinski definition) is 2. The number of rotatable bonds is 2. The molecular weight excluding hydrogens is 250 g/mol. The molecule has 0 N–H and O–H groups in total. The van der Waals surface area contributed by atoms with Gasteiger partial charge in [-0.1, -0.05) is 24.1 Å². The summed E-state index contributed by atoms with van der Waals surface area (Å²) in [6, 6.07) is 8.47. The lowest BCUT2D eigenvalue weighted by Crippen LogP contribution is -2.28. The van der Waals surface area contributed by atoms with Gasteiger partial charge < -0.3 is 0 Å². The van der Waals surface area contributed by atoms with Crippen LogP contribution in [0.5, 0.6) is 0 Å². The van der Waals surface area contributed by atoms with Gasteiger partial charge in [-0.2, -0.15) is 0 Å². The van der Waals surface area contributed by atoms with Crippen LogP contribution in [0, 0.1) is 0 Å². The van der Waals surface area contributed by atoms with Crippen LogP contribution in [0.3, 0.4) is 0 Å². The van der Waals surface area contributed by atoms with Crippen molar-refractivity contribution in [2.75, 3.05) is 13.1 Å². The van der Waals surface area contributed by atoms with Gasteiger partial charge in [0, 0.05) is 21.1 Å². The Morgan fingerprint density at radius 2 is 1.94 bits per heavy atom. The minimum Gasteiger partial charge on any atom is -0.298 e. The molecule has 2 aromatic rings. The third-order valence-corrected chi connectivity index (χ3v) is 4.68. The van der Waals surface area contributed by atoms with Crippen LogP contribution in [0.1, 0.15) is 24.1 Å². The van der Waals surface area contributed by atoms with Crippen molar-refractivity contribution in [2.45, 2.75) is 25.8 Å².